The molecule has 0 aliphatic rings. The van der Waals surface area contributed by atoms with Crippen molar-refractivity contribution in [1.82, 2.24) is 5.43 Å². The van der Waals surface area contributed by atoms with Crippen LogP contribution in [0.2, 0.25) is 0 Å². The lowest BCUT2D eigenvalue weighted by Crippen LogP contribution is -2.19. The molecule has 29 heavy (non-hydrogen) atoms. The van der Waals surface area contributed by atoms with Crippen molar-refractivity contribution in [3.05, 3.63) is 98.4 Å². The van der Waals surface area contributed by atoms with Crippen LogP contribution in [0.1, 0.15) is 27.0 Å². The van der Waals surface area contributed by atoms with Gasteiger partial charge >= 0.3 is 0 Å². The summed E-state index contributed by atoms with van der Waals surface area (Å²) >= 11 is 2.25. The highest BCUT2D eigenvalue weighted by molar-refractivity contribution is 14.1. The highest BCUT2D eigenvalue weighted by atomic mass is 127. The van der Waals surface area contributed by atoms with E-state index in [4.69, 9.17) is 10.00 Å². The van der Waals surface area contributed by atoms with Crippen LogP contribution in [0.4, 0.5) is 4.39 Å². The normalized spacial score (nSPS) is 10.5. The molecule has 0 aliphatic carbocycles. The van der Waals surface area contributed by atoms with Crippen molar-refractivity contribution in [2.75, 3.05) is 0 Å². The lowest BCUT2D eigenvalue weighted by Gasteiger charge is -2.06. The molecule has 0 aliphatic heterocycles. The molecule has 1 N–H and O–H groups in total. The number of benzene rings is 3. The monoisotopic (exact) mass is 499 g/mol. The van der Waals surface area contributed by atoms with Crippen LogP contribution >= 0.6 is 22.6 Å². The van der Waals surface area contributed by atoms with Crippen LogP contribution in [0.25, 0.3) is 0 Å². The minimum atomic E-state index is -0.772. The molecule has 3 rings (SSSR count). The summed E-state index contributed by atoms with van der Waals surface area (Å²) in [6.45, 7) is 0.469. The number of ether oxygens (including phenoxy) is 1. The number of hydrogen-bond acceptors (Lipinski definition) is 4. The Kier molecular flexibility index (Phi) is 6.92. The molecule has 0 atom stereocenters. The van der Waals surface area contributed by atoms with Crippen molar-refractivity contribution in [2.24, 2.45) is 5.10 Å². The predicted octanol–water partition coefficient (Wildman–Crippen LogP) is 4.64. The maximum atomic E-state index is 13.8. The van der Waals surface area contributed by atoms with Crippen LogP contribution in [-0.2, 0) is 6.61 Å². The second-order valence-corrected chi connectivity index (χ2v) is 7.24. The van der Waals surface area contributed by atoms with Crippen molar-refractivity contribution >= 4 is 34.7 Å². The van der Waals surface area contributed by atoms with Crippen molar-refractivity contribution < 1.29 is 13.9 Å². The molecule has 0 saturated carbocycles. The van der Waals surface area contributed by atoms with Gasteiger partial charge in [-0.3, -0.25) is 4.79 Å². The third-order valence-corrected chi connectivity index (χ3v) is 4.64. The largest absolute Gasteiger partial charge is 0.489 e. The third kappa shape index (κ3) is 5.86. The van der Waals surface area contributed by atoms with E-state index in [1.54, 1.807) is 24.3 Å². The van der Waals surface area contributed by atoms with Gasteiger partial charge in [0.1, 0.15) is 18.2 Å². The molecule has 0 heterocycles. The van der Waals surface area contributed by atoms with Gasteiger partial charge in [0, 0.05) is 3.57 Å². The van der Waals surface area contributed by atoms with Crippen LogP contribution in [0.5, 0.6) is 5.75 Å². The third-order valence-electron chi connectivity index (χ3n) is 3.92. The SMILES string of the molecule is N#Cc1ccc(C(=O)N/N=C\c2ccc(OCc3ccc(I)cc3)cc2)c(F)c1. The molecule has 0 unspecified atom stereocenters. The summed E-state index contributed by atoms with van der Waals surface area (Å²) in [4.78, 5) is 12.0. The fourth-order valence-electron chi connectivity index (χ4n) is 2.39. The van der Waals surface area contributed by atoms with Crippen LogP contribution in [-0.4, -0.2) is 12.1 Å². The number of hydrazone groups is 1. The van der Waals surface area contributed by atoms with E-state index in [0.717, 1.165) is 17.2 Å². The second-order valence-electron chi connectivity index (χ2n) is 5.99. The Bertz CT molecular complexity index is 1070. The Morgan fingerprint density at radius 1 is 1.14 bits per heavy atom. The molecule has 144 valence electrons. The number of nitrogens with zero attached hydrogens (tertiary/aromatic N) is 2. The van der Waals surface area contributed by atoms with E-state index < -0.39 is 11.7 Å². The molecule has 0 aromatic heterocycles. The number of amides is 1. The summed E-state index contributed by atoms with van der Waals surface area (Å²) in [7, 11) is 0. The molecule has 0 spiro atoms. The quantitative estimate of drug-likeness (QED) is 0.305. The van der Waals surface area contributed by atoms with Gasteiger partial charge in [0.15, 0.2) is 0 Å². The van der Waals surface area contributed by atoms with Gasteiger partial charge in [-0.25, -0.2) is 9.82 Å². The Morgan fingerprint density at radius 3 is 2.52 bits per heavy atom. The Morgan fingerprint density at radius 2 is 1.86 bits per heavy atom. The number of hydrogen-bond donors (Lipinski definition) is 1. The number of nitrogens with one attached hydrogen (secondary N) is 1. The Balaban J connectivity index is 1.54. The maximum Gasteiger partial charge on any atom is 0.274 e. The van der Waals surface area contributed by atoms with Gasteiger partial charge in [0.25, 0.3) is 5.91 Å². The minimum absolute atomic E-state index is 0.145. The molecule has 5 nitrogen and oxygen atoms in total. The van der Waals surface area contributed by atoms with E-state index in [2.05, 4.69) is 33.1 Å². The van der Waals surface area contributed by atoms with Crippen molar-refractivity contribution in [1.29, 1.82) is 5.26 Å². The first-order valence-electron chi connectivity index (χ1n) is 8.55. The van der Waals surface area contributed by atoms with Crippen molar-refractivity contribution in [2.45, 2.75) is 6.61 Å². The van der Waals surface area contributed by atoms with Gasteiger partial charge in [0.2, 0.25) is 0 Å². The number of carbonyl (C=O) groups is 1. The van der Waals surface area contributed by atoms with Gasteiger partial charge in [-0.15, -0.1) is 0 Å². The zero-order valence-corrected chi connectivity index (χ0v) is 17.3. The molecule has 0 bridgehead atoms. The molecule has 0 radical (unpaired) electrons. The van der Waals surface area contributed by atoms with Gasteiger partial charge in [0.05, 0.1) is 23.4 Å². The molecule has 3 aromatic carbocycles. The first-order chi connectivity index (χ1) is 14.0. The van der Waals surface area contributed by atoms with E-state index in [1.165, 1.54) is 21.9 Å². The van der Waals surface area contributed by atoms with E-state index in [1.807, 2.05) is 30.3 Å². The van der Waals surface area contributed by atoms with Gasteiger partial charge in [-0.2, -0.15) is 10.4 Å². The lowest BCUT2D eigenvalue weighted by atomic mass is 10.1. The molecular formula is C22H15FIN3O2. The van der Waals surface area contributed by atoms with Crippen LogP contribution < -0.4 is 10.2 Å². The second kappa shape index (κ2) is 9.80. The zero-order valence-electron chi connectivity index (χ0n) is 15.1. The van der Waals surface area contributed by atoms with Crippen molar-refractivity contribution in [3.63, 3.8) is 0 Å². The average Bonchev–Trinajstić information content (AvgIpc) is 2.74. The van der Waals surface area contributed by atoms with E-state index in [0.29, 0.717) is 12.4 Å². The highest BCUT2D eigenvalue weighted by Gasteiger charge is 2.11. The number of nitriles is 1. The molecule has 3 aromatic rings. The first kappa shape index (κ1) is 20.5. The predicted molar refractivity (Wildman–Crippen MR) is 116 cm³/mol. The lowest BCUT2D eigenvalue weighted by molar-refractivity contribution is 0.0951. The summed E-state index contributed by atoms with van der Waals surface area (Å²) in [5.74, 6) is -0.753. The summed E-state index contributed by atoms with van der Waals surface area (Å²) in [5.41, 5.74) is 4.05. The topological polar surface area (TPSA) is 74.5 Å². The maximum absolute atomic E-state index is 13.8. The summed E-state index contributed by atoms with van der Waals surface area (Å²) in [6, 6.07) is 20.7. The Labute approximate surface area is 181 Å². The molecule has 1 amide bonds. The fourth-order valence-corrected chi connectivity index (χ4v) is 2.75. The van der Waals surface area contributed by atoms with Crippen LogP contribution in [0.3, 0.4) is 0 Å². The fraction of sp³-hybridized carbons (Fsp3) is 0.0455. The number of halogens is 2. The van der Waals surface area contributed by atoms with Crippen molar-refractivity contribution in [3.8, 4) is 11.8 Å². The van der Waals surface area contributed by atoms with Gasteiger partial charge < -0.3 is 4.74 Å². The van der Waals surface area contributed by atoms with Crippen LogP contribution in [0.15, 0.2) is 71.8 Å². The molecular weight excluding hydrogens is 484 g/mol. The summed E-state index contributed by atoms with van der Waals surface area (Å²) in [6.07, 6.45) is 1.45. The zero-order chi connectivity index (χ0) is 20.6. The highest BCUT2D eigenvalue weighted by Crippen LogP contribution is 2.15. The van der Waals surface area contributed by atoms with E-state index >= 15 is 0 Å². The molecule has 7 heteroatoms. The first-order valence-corrected chi connectivity index (χ1v) is 9.63. The molecule has 0 fully saturated rings. The Hall–Kier alpha value is -3.25. The number of rotatable bonds is 6. The summed E-state index contributed by atoms with van der Waals surface area (Å²) < 4.78 is 20.7. The number of carbonyl (C=O) groups excluding carboxylic acids is 1. The van der Waals surface area contributed by atoms with E-state index in [-0.39, 0.29) is 11.1 Å². The standard InChI is InChI=1S/C22H15FIN3O2/c23-21-11-17(12-25)5-10-20(21)22(28)27-26-13-15-3-8-19(9-4-15)29-14-16-1-6-18(24)7-2-16/h1-11,13H,14H2,(H,27,28)/b26-13-. The van der Waals surface area contributed by atoms with Gasteiger partial charge in [-0.1, -0.05) is 12.1 Å². The summed E-state index contributed by atoms with van der Waals surface area (Å²) in [5, 5.41) is 12.6. The van der Waals surface area contributed by atoms with E-state index in [9.17, 15) is 9.18 Å². The smallest absolute Gasteiger partial charge is 0.274 e. The minimum Gasteiger partial charge on any atom is -0.489 e. The average molecular weight is 499 g/mol. The van der Waals surface area contributed by atoms with Gasteiger partial charge in [-0.05, 0) is 88.3 Å². The molecule has 0 saturated heterocycles. The van der Waals surface area contributed by atoms with Crippen LogP contribution in [0, 0.1) is 20.7 Å².